The molecule has 0 unspecified atom stereocenters. The summed E-state index contributed by atoms with van der Waals surface area (Å²) in [7, 11) is 0. The van der Waals surface area contributed by atoms with Gasteiger partial charge >= 0.3 is 0 Å². The molecule has 2 fully saturated rings. The highest BCUT2D eigenvalue weighted by Gasteiger charge is 2.32. The van der Waals surface area contributed by atoms with Gasteiger partial charge in [-0.15, -0.1) is 0 Å². The van der Waals surface area contributed by atoms with Crippen molar-refractivity contribution in [2.45, 2.75) is 25.7 Å². The van der Waals surface area contributed by atoms with Gasteiger partial charge < -0.3 is 15.1 Å². The maximum atomic E-state index is 13.1. The number of anilines is 1. The van der Waals surface area contributed by atoms with Gasteiger partial charge in [-0.3, -0.25) is 14.4 Å². The minimum absolute atomic E-state index is 0.0192. The summed E-state index contributed by atoms with van der Waals surface area (Å²) in [4.78, 5) is 41.9. The van der Waals surface area contributed by atoms with Crippen LogP contribution in [0, 0.1) is 5.92 Å². The summed E-state index contributed by atoms with van der Waals surface area (Å²) >= 11 is 1.46. The number of nitrogens with one attached hydrogen (secondary N) is 1. The Bertz CT molecular complexity index is 882. The van der Waals surface area contributed by atoms with Crippen molar-refractivity contribution in [1.82, 2.24) is 9.80 Å². The molecule has 0 bridgehead atoms. The molecule has 1 aromatic carbocycles. The monoisotopic (exact) mass is 411 g/mol. The normalized spacial score (nSPS) is 17.4. The molecule has 3 amide bonds. The Morgan fingerprint density at radius 1 is 0.931 bits per heavy atom. The van der Waals surface area contributed by atoms with Crippen LogP contribution in [0.5, 0.6) is 0 Å². The molecule has 0 aliphatic carbocycles. The lowest BCUT2D eigenvalue weighted by atomic mass is 9.94. The van der Waals surface area contributed by atoms with Gasteiger partial charge in [0.2, 0.25) is 5.91 Å². The number of hydrogen-bond donors (Lipinski definition) is 1. The van der Waals surface area contributed by atoms with Crippen LogP contribution in [0.15, 0.2) is 41.1 Å². The smallest absolute Gasteiger partial charge is 0.256 e. The zero-order chi connectivity index (χ0) is 20.2. The van der Waals surface area contributed by atoms with Gasteiger partial charge in [0.15, 0.2) is 0 Å². The van der Waals surface area contributed by atoms with Crippen LogP contribution in [0.4, 0.5) is 5.69 Å². The predicted octanol–water partition coefficient (Wildman–Crippen LogP) is 3.48. The van der Waals surface area contributed by atoms with Gasteiger partial charge in [0, 0.05) is 37.5 Å². The van der Waals surface area contributed by atoms with Crippen LogP contribution in [-0.2, 0) is 4.79 Å². The van der Waals surface area contributed by atoms with Crippen molar-refractivity contribution in [3.05, 3.63) is 52.2 Å². The fourth-order valence-electron chi connectivity index (χ4n) is 4.06. The molecule has 0 radical (unpaired) electrons. The lowest BCUT2D eigenvalue weighted by Gasteiger charge is -2.33. The van der Waals surface area contributed by atoms with Gasteiger partial charge in [0.25, 0.3) is 11.8 Å². The molecular formula is C22H25N3O3S. The summed E-state index contributed by atoms with van der Waals surface area (Å²) < 4.78 is 0. The van der Waals surface area contributed by atoms with Crippen LogP contribution >= 0.6 is 11.3 Å². The molecule has 2 aromatic rings. The molecule has 1 aromatic heterocycles. The Hall–Kier alpha value is -2.67. The number of likely N-dealkylation sites (tertiary alicyclic amines) is 2. The Morgan fingerprint density at radius 3 is 2.34 bits per heavy atom. The van der Waals surface area contributed by atoms with E-state index in [9.17, 15) is 14.4 Å². The fourth-order valence-corrected chi connectivity index (χ4v) is 4.70. The second kappa shape index (κ2) is 8.78. The van der Waals surface area contributed by atoms with Crippen LogP contribution in [0.2, 0.25) is 0 Å². The van der Waals surface area contributed by atoms with Gasteiger partial charge in [0.05, 0.1) is 16.8 Å². The van der Waals surface area contributed by atoms with E-state index in [0.717, 1.165) is 25.9 Å². The van der Waals surface area contributed by atoms with Crippen LogP contribution in [0.1, 0.15) is 46.4 Å². The van der Waals surface area contributed by atoms with Crippen LogP contribution in [0.3, 0.4) is 0 Å². The molecule has 2 saturated heterocycles. The van der Waals surface area contributed by atoms with Crippen molar-refractivity contribution in [3.63, 3.8) is 0 Å². The molecule has 6 nitrogen and oxygen atoms in total. The van der Waals surface area contributed by atoms with Crippen molar-refractivity contribution in [2.24, 2.45) is 5.92 Å². The topological polar surface area (TPSA) is 69.7 Å². The molecule has 29 heavy (non-hydrogen) atoms. The van der Waals surface area contributed by atoms with E-state index < -0.39 is 0 Å². The van der Waals surface area contributed by atoms with E-state index in [-0.39, 0.29) is 23.6 Å². The number of carbonyl (C=O) groups is 3. The number of thiophene rings is 1. The second-order valence-corrected chi connectivity index (χ2v) is 8.39. The van der Waals surface area contributed by atoms with Crippen molar-refractivity contribution < 1.29 is 14.4 Å². The number of amides is 3. The SMILES string of the molecule is O=C(Nc1ccccc1C(=O)N1CCC(C(=O)N2CCCC2)CC1)c1ccsc1. The van der Waals surface area contributed by atoms with Gasteiger partial charge in [-0.05, 0) is 49.3 Å². The second-order valence-electron chi connectivity index (χ2n) is 7.61. The highest BCUT2D eigenvalue weighted by atomic mass is 32.1. The molecule has 2 aliphatic rings. The quantitative estimate of drug-likeness (QED) is 0.837. The summed E-state index contributed by atoms with van der Waals surface area (Å²) in [5.41, 5.74) is 1.59. The van der Waals surface area contributed by atoms with Crippen LogP contribution in [-0.4, -0.2) is 53.7 Å². The van der Waals surface area contributed by atoms with E-state index in [1.807, 2.05) is 10.3 Å². The van der Waals surface area contributed by atoms with Gasteiger partial charge in [0.1, 0.15) is 0 Å². The standard InChI is InChI=1S/C22H25N3O3S/c26-20(17-9-14-29-15-17)23-19-6-2-1-5-18(19)22(28)25-12-7-16(8-13-25)21(27)24-10-3-4-11-24/h1-2,5-6,9,14-16H,3-4,7-8,10-13H2,(H,23,26). The zero-order valence-corrected chi connectivity index (χ0v) is 17.1. The van der Waals surface area contributed by atoms with E-state index in [1.54, 1.807) is 40.6 Å². The third-order valence-electron chi connectivity index (χ3n) is 5.74. The highest BCUT2D eigenvalue weighted by Crippen LogP contribution is 2.25. The van der Waals surface area contributed by atoms with Gasteiger partial charge in [-0.1, -0.05) is 12.1 Å². The molecule has 7 heteroatoms. The maximum absolute atomic E-state index is 13.1. The number of rotatable bonds is 4. The summed E-state index contributed by atoms with van der Waals surface area (Å²) in [6.45, 7) is 2.87. The van der Waals surface area contributed by atoms with Crippen molar-refractivity contribution >= 4 is 34.7 Å². The molecule has 152 valence electrons. The summed E-state index contributed by atoms with van der Waals surface area (Å²) in [5, 5.41) is 6.48. The molecule has 3 heterocycles. The van der Waals surface area contributed by atoms with Gasteiger partial charge in [-0.2, -0.15) is 11.3 Å². The van der Waals surface area contributed by atoms with E-state index in [4.69, 9.17) is 0 Å². The third kappa shape index (κ3) is 4.34. The minimum atomic E-state index is -0.221. The van der Waals surface area contributed by atoms with Gasteiger partial charge in [-0.25, -0.2) is 0 Å². The number of carbonyl (C=O) groups excluding carboxylic acids is 3. The minimum Gasteiger partial charge on any atom is -0.342 e. The number of piperidine rings is 1. The van der Waals surface area contributed by atoms with Crippen LogP contribution < -0.4 is 5.32 Å². The lowest BCUT2D eigenvalue weighted by Crippen LogP contribution is -2.44. The van der Waals surface area contributed by atoms with Crippen molar-refractivity contribution in [3.8, 4) is 0 Å². The van der Waals surface area contributed by atoms with Crippen LogP contribution in [0.25, 0.3) is 0 Å². The zero-order valence-electron chi connectivity index (χ0n) is 16.3. The van der Waals surface area contributed by atoms with E-state index in [1.165, 1.54) is 11.3 Å². The molecular weight excluding hydrogens is 386 g/mol. The maximum Gasteiger partial charge on any atom is 0.256 e. The van der Waals surface area contributed by atoms with Crippen molar-refractivity contribution in [1.29, 1.82) is 0 Å². The fraction of sp³-hybridized carbons (Fsp3) is 0.409. The molecule has 0 saturated carbocycles. The Labute approximate surface area is 174 Å². The number of para-hydroxylation sites is 1. The molecule has 1 N–H and O–H groups in total. The van der Waals surface area contributed by atoms with E-state index in [2.05, 4.69) is 5.32 Å². The lowest BCUT2D eigenvalue weighted by molar-refractivity contribution is -0.135. The summed E-state index contributed by atoms with van der Waals surface area (Å²) in [5.74, 6) is -0.0524. The molecule has 0 spiro atoms. The Balaban J connectivity index is 1.40. The number of nitrogens with zero attached hydrogens (tertiary/aromatic N) is 2. The van der Waals surface area contributed by atoms with Crippen molar-refractivity contribution in [2.75, 3.05) is 31.5 Å². The average molecular weight is 412 g/mol. The summed E-state index contributed by atoms with van der Waals surface area (Å²) in [6, 6.07) is 8.86. The van der Waals surface area contributed by atoms with E-state index >= 15 is 0 Å². The molecule has 2 aliphatic heterocycles. The third-order valence-corrected chi connectivity index (χ3v) is 6.42. The first-order valence-electron chi connectivity index (χ1n) is 10.1. The Kier molecular flexibility index (Phi) is 5.94. The number of benzene rings is 1. The Morgan fingerprint density at radius 2 is 1.66 bits per heavy atom. The summed E-state index contributed by atoms with van der Waals surface area (Å²) in [6.07, 6.45) is 3.59. The molecule has 4 rings (SSSR count). The number of hydrogen-bond acceptors (Lipinski definition) is 4. The first-order valence-corrected chi connectivity index (χ1v) is 11.1. The molecule has 0 atom stereocenters. The first kappa shape index (κ1) is 19.6. The average Bonchev–Trinajstić information content (AvgIpc) is 3.47. The first-order chi connectivity index (χ1) is 14.1. The predicted molar refractivity (Wildman–Crippen MR) is 113 cm³/mol. The highest BCUT2D eigenvalue weighted by molar-refractivity contribution is 7.08. The van der Waals surface area contributed by atoms with E-state index in [0.29, 0.717) is 42.7 Å². The largest absolute Gasteiger partial charge is 0.342 e.